The summed E-state index contributed by atoms with van der Waals surface area (Å²) in [6, 6.07) is 0. The lowest BCUT2D eigenvalue weighted by atomic mass is 10.1. The van der Waals surface area contributed by atoms with Crippen molar-refractivity contribution in [3.05, 3.63) is 61.3 Å². The summed E-state index contributed by atoms with van der Waals surface area (Å²) in [5.74, 6) is -4.48. The van der Waals surface area contributed by atoms with E-state index in [9.17, 15) is 39.0 Å². The van der Waals surface area contributed by atoms with Gasteiger partial charge in [0.05, 0.1) is 44.2 Å². The van der Waals surface area contributed by atoms with E-state index < -0.39 is 85.8 Å². The number of esters is 1. The van der Waals surface area contributed by atoms with Crippen molar-refractivity contribution in [2.75, 3.05) is 26.4 Å². The quantitative estimate of drug-likeness (QED) is 0.112. The lowest BCUT2D eigenvalue weighted by Gasteiger charge is -2.15. The Bertz CT molecular complexity index is 1120. The Morgan fingerprint density at radius 1 is 0.727 bits per heavy atom. The van der Waals surface area contributed by atoms with Gasteiger partial charge in [-0.05, 0) is 12.2 Å². The van der Waals surface area contributed by atoms with Crippen LogP contribution < -0.4 is 17.1 Å². The Kier molecular flexibility index (Phi) is 10.4. The number of aliphatic carboxylic acids is 2. The van der Waals surface area contributed by atoms with Gasteiger partial charge in [-0.2, -0.15) is 0 Å². The molecule has 33 heavy (non-hydrogen) atoms. The molecule has 180 valence electrons. The number of carboxylic acids is 2. The summed E-state index contributed by atoms with van der Waals surface area (Å²) in [7, 11) is 0. The maximum atomic E-state index is 12.9. The number of aliphatic hydroxyl groups is 3. The molecule has 1 aromatic heterocycles. The maximum Gasteiger partial charge on any atom is 0.341 e. The SMILES string of the molecule is O=C(O)C=CC(C(=O)OCCO)=C(C=CC(=O)O)n1c(=O)n(CCO)c(=O)n(CCO)c1=O. The summed E-state index contributed by atoms with van der Waals surface area (Å²) in [6.45, 7) is -3.84. The number of carbonyl (C=O) groups is 3. The number of rotatable bonds is 12. The topological polar surface area (TPSA) is 228 Å². The largest absolute Gasteiger partial charge is 0.478 e. The molecule has 0 aliphatic carbocycles. The van der Waals surface area contributed by atoms with Gasteiger partial charge in [-0.25, -0.2) is 42.5 Å². The van der Waals surface area contributed by atoms with Crippen molar-refractivity contribution >= 4 is 23.6 Å². The Morgan fingerprint density at radius 2 is 1.21 bits per heavy atom. The van der Waals surface area contributed by atoms with Crippen molar-refractivity contribution in [2.45, 2.75) is 13.1 Å². The van der Waals surface area contributed by atoms with E-state index in [0.29, 0.717) is 33.4 Å². The lowest BCUT2D eigenvalue weighted by molar-refractivity contribution is -0.139. The summed E-state index contributed by atoms with van der Waals surface area (Å²) in [5, 5.41) is 45.1. The zero-order chi connectivity index (χ0) is 25.1. The molecule has 0 spiro atoms. The fraction of sp³-hybridized carbons (Fsp3) is 0.333. The Morgan fingerprint density at radius 3 is 1.64 bits per heavy atom. The predicted octanol–water partition coefficient (Wildman–Crippen LogP) is -3.82. The molecule has 0 fully saturated rings. The molecule has 0 aliphatic heterocycles. The summed E-state index contributed by atoms with van der Waals surface area (Å²) in [4.78, 5) is 72.8. The normalized spacial score (nSPS) is 12.2. The van der Waals surface area contributed by atoms with Gasteiger partial charge in [0, 0.05) is 12.2 Å². The van der Waals surface area contributed by atoms with Crippen molar-refractivity contribution in [3.8, 4) is 0 Å². The van der Waals surface area contributed by atoms with Crippen LogP contribution in [0, 0.1) is 0 Å². The number of hydrogen-bond acceptors (Lipinski definition) is 10. The van der Waals surface area contributed by atoms with E-state index in [-0.39, 0.29) is 4.57 Å². The highest BCUT2D eigenvalue weighted by atomic mass is 16.5. The van der Waals surface area contributed by atoms with Gasteiger partial charge in [-0.15, -0.1) is 0 Å². The average molecular weight is 471 g/mol. The van der Waals surface area contributed by atoms with Crippen LogP contribution in [0.15, 0.2) is 44.3 Å². The molecule has 0 saturated carbocycles. The van der Waals surface area contributed by atoms with Crippen molar-refractivity contribution in [3.63, 3.8) is 0 Å². The Labute approximate surface area is 183 Å². The summed E-state index contributed by atoms with van der Waals surface area (Å²) in [6.07, 6.45) is 2.09. The van der Waals surface area contributed by atoms with Gasteiger partial charge in [0.15, 0.2) is 0 Å². The molecule has 0 amide bonds. The van der Waals surface area contributed by atoms with Crippen molar-refractivity contribution < 1.29 is 44.7 Å². The molecule has 0 aromatic carbocycles. The summed E-state index contributed by atoms with van der Waals surface area (Å²) >= 11 is 0. The molecule has 0 unspecified atom stereocenters. The molecule has 1 heterocycles. The first-order chi connectivity index (χ1) is 15.6. The number of ether oxygens (including phenoxy) is 1. The molecule has 1 aromatic rings. The fourth-order valence-electron chi connectivity index (χ4n) is 2.48. The number of carbonyl (C=O) groups excluding carboxylic acids is 1. The molecule has 15 nitrogen and oxygen atoms in total. The number of nitrogens with zero attached hydrogens (tertiary/aromatic N) is 3. The second kappa shape index (κ2) is 12.7. The fourth-order valence-corrected chi connectivity index (χ4v) is 2.48. The number of aromatic nitrogens is 3. The van der Waals surface area contributed by atoms with Crippen LogP contribution in [0.5, 0.6) is 0 Å². The highest BCUT2D eigenvalue weighted by Gasteiger charge is 2.22. The molecule has 5 N–H and O–H groups in total. The van der Waals surface area contributed by atoms with Gasteiger partial charge >= 0.3 is 35.0 Å². The minimum atomic E-state index is -1.58. The third-order valence-electron chi connectivity index (χ3n) is 3.79. The molecular formula is C18H21N3O12. The minimum absolute atomic E-state index is 0.188. The number of carboxylic acid groups (broad SMARTS) is 2. The second-order valence-corrected chi connectivity index (χ2v) is 5.94. The lowest BCUT2D eigenvalue weighted by Crippen LogP contribution is -2.55. The smallest absolute Gasteiger partial charge is 0.341 e. The standard InChI is InChI=1S/C18H21N3O12/c22-7-5-19-16(30)20(6-8-23)18(32)21(17(19)31)12(2-4-14(27)28)11(1-3-13(25)26)15(29)33-10-9-24/h1-4,22-24H,5-10H2,(H,25,26)(H,27,28). The summed E-state index contributed by atoms with van der Waals surface area (Å²) < 4.78 is 5.68. The molecule has 0 saturated heterocycles. The van der Waals surface area contributed by atoms with Gasteiger partial charge in [-0.3, -0.25) is 0 Å². The number of aliphatic hydroxyl groups excluding tert-OH is 3. The van der Waals surface area contributed by atoms with E-state index in [4.69, 9.17) is 20.1 Å². The van der Waals surface area contributed by atoms with Crippen molar-refractivity contribution in [2.24, 2.45) is 0 Å². The first-order valence-electron chi connectivity index (χ1n) is 9.13. The second-order valence-electron chi connectivity index (χ2n) is 5.94. The van der Waals surface area contributed by atoms with Gasteiger partial charge in [0.1, 0.15) is 6.61 Å². The van der Waals surface area contributed by atoms with Crippen LogP contribution >= 0.6 is 0 Å². The molecule has 0 radical (unpaired) electrons. The van der Waals surface area contributed by atoms with E-state index in [0.717, 1.165) is 0 Å². The zero-order valence-corrected chi connectivity index (χ0v) is 17.0. The number of hydrogen-bond donors (Lipinski definition) is 5. The van der Waals surface area contributed by atoms with Gasteiger partial charge < -0.3 is 30.3 Å². The van der Waals surface area contributed by atoms with Gasteiger partial charge in [-0.1, -0.05) is 0 Å². The predicted molar refractivity (Wildman–Crippen MR) is 108 cm³/mol. The molecule has 0 atom stereocenters. The summed E-state index contributed by atoms with van der Waals surface area (Å²) in [5.41, 5.74) is -5.56. The third kappa shape index (κ3) is 6.96. The average Bonchev–Trinajstić information content (AvgIpc) is 2.75. The molecule has 1 rings (SSSR count). The van der Waals surface area contributed by atoms with E-state index in [1.807, 2.05) is 0 Å². The van der Waals surface area contributed by atoms with Crippen molar-refractivity contribution in [1.29, 1.82) is 0 Å². The van der Waals surface area contributed by atoms with Crippen LogP contribution in [0.25, 0.3) is 5.70 Å². The zero-order valence-electron chi connectivity index (χ0n) is 17.0. The Hall–Kier alpha value is -4.08. The van der Waals surface area contributed by atoms with E-state index >= 15 is 0 Å². The van der Waals surface area contributed by atoms with Crippen LogP contribution in [0.4, 0.5) is 0 Å². The van der Waals surface area contributed by atoms with E-state index in [2.05, 4.69) is 0 Å². The maximum absolute atomic E-state index is 12.9. The molecule has 0 bridgehead atoms. The van der Waals surface area contributed by atoms with Gasteiger partial charge in [0.25, 0.3) is 0 Å². The molecular weight excluding hydrogens is 450 g/mol. The number of allylic oxidation sites excluding steroid dienone is 2. The van der Waals surface area contributed by atoms with Crippen LogP contribution in [-0.2, 0) is 32.2 Å². The van der Waals surface area contributed by atoms with Crippen LogP contribution in [0.1, 0.15) is 0 Å². The van der Waals surface area contributed by atoms with Crippen LogP contribution in [-0.4, -0.2) is 83.6 Å². The highest BCUT2D eigenvalue weighted by Crippen LogP contribution is 2.14. The first kappa shape index (κ1) is 27.0. The van der Waals surface area contributed by atoms with E-state index in [1.54, 1.807) is 0 Å². The van der Waals surface area contributed by atoms with Gasteiger partial charge in [0.2, 0.25) is 0 Å². The highest BCUT2D eigenvalue weighted by molar-refractivity contribution is 6.01. The Balaban J connectivity index is 4.23. The van der Waals surface area contributed by atoms with Crippen LogP contribution in [0.2, 0.25) is 0 Å². The van der Waals surface area contributed by atoms with Crippen molar-refractivity contribution in [1.82, 2.24) is 13.7 Å². The van der Waals surface area contributed by atoms with Crippen LogP contribution in [0.3, 0.4) is 0 Å². The first-order valence-corrected chi connectivity index (χ1v) is 9.13. The monoisotopic (exact) mass is 471 g/mol. The molecule has 0 aliphatic rings. The minimum Gasteiger partial charge on any atom is -0.478 e. The third-order valence-corrected chi connectivity index (χ3v) is 3.79. The van der Waals surface area contributed by atoms with E-state index in [1.165, 1.54) is 0 Å². The molecule has 15 heteroatoms.